The van der Waals surface area contributed by atoms with Crippen molar-refractivity contribution in [2.75, 3.05) is 6.54 Å². The first kappa shape index (κ1) is 18.1. The van der Waals surface area contributed by atoms with E-state index in [4.69, 9.17) is 0 Å². The molecule has 0 N–H and O–H groups in total. The molecule has 0 aliphatic carbocycles. The molecule has 2 amide bonds. The van der Waals surface area contributed by atoms with E-state index in [2.05, 4.69) is 50.4 Å². The lowest BCUT2D eigenvalue weighted by molar-refractivity contribution is 0.0633. The molecule has 23 heavy (non-hydrogen) atoms. The first-order chi connectivity index (χ1) is 10.4. The minimum Gasteiger partial charge on any atom is -0.342 e. The Labute approximate surface area is 141 Å². The minimum atomic E-state index is -1.54. The number of hydrogen-bond donors (Lipinski definition) is 0. The summed E-state index contributed by atoms with van der Waals surface area (Å²) in [4.78, 5) is 26.6. The first-order valence-electron chi connectivity index (χ1n) is 8.19. The van der Waals surface area contributed by atoms with Gasteiger partial charge in [-0.25, -0.2) is 0 Å². The Morgan fingerprint density at radius 2 is 1.30 bits per heavy atom. The summed E-state index contributed by atoms with van der Waals surface area (Å²) in [5.41, 5.74) is 1.08. The maximum absolute atomic E-state index is 12.6. The molecule has 1 unspecified atom stereocenters. The van der Waals surface area contributed by atoms with Crippen molar-refractivity contribution in [2.45, 2.75) is 52.2 Å². The molecule has 4 nitrogen and oxygen atoms in total. The topological polar surface area (TPSA) is 40.6 Å². The van der Waals surface area contributed by atoms with Crippen molar-refractivity contribution in [2.24, 2.45) is 0 Å². The molecule has 126 valence electrons. The molecule has 0 bridgehead atoms. The fourth-order valence-corrected chi connectivity index (χ4v) is 14.9. The molecule has 1 atom stereocenters. The third kappa shape index (κ3) is 3.49. The Hall–Kier alpha value is -1.25. The second-order valence-corrected chi connectivity index (χ2v) is 18.4. The predicted octanol–water partition coefficient (Wildman–Crippen LogP) is 3.64. The molecule has 1 aliphatic heterocycles. The van der Waals surface area contributed by atoms with Gasteiger partial charge in [-0.05, 0) is 19.1 Å². The highest BCUT2D eigenvalue weighted by molar-refractivity contribution is 6.89. The number of rotatable bonds is 5. The van der Waals surface area contributed by atoms with Crippen molar-refractivity contribution in [3.8, 4) is 0 Å². The van der Waals surface area contributed by atoms with Crippen LogP contribution in [0.15, 0.2) is 24.3 Å². The van der Waals surface area contributed by atoms with Gasteiger partial charge in [0.1, 0.15) is 16.5 Å². The van der Waals surface area contributed by atoms with Crippen molar-refractivity contribution in [3.05, 3.63) is 35.4 Å². The van der Waals surface area contributed by atoms with E-state index in [9.17, 15) is 9.59 Å². The zero-order valence-corrected chi connectivity index (χ0v) is 17.3. The Kier molecular flexibility index (Phi) is 4.72. The molecule has 0 saturated heterocycles. The second kappa shape index (κ2) is 6.00. The fraction of sp³-hybridized carbons (Fsp3) is 0.529. The van der Waals surface area contributed by atoms with Gasteiger partial charge in [-0.1, -0.05) is 51.4 Å². The summed E-state index contributed by atoms with van der Waals surface area (Å²) >= 11 is 0. The second-order valence-electron chi connectivity index (χ2n) is 8.33. The number of amides is 2. The van der Waals surface area contributed by atoms with Crippen LogP contribution in [0.25, 0.3) is 0 Å². The maximum Gasteiger partial charge on any atom is 0.261 e. The fourth-order valence-electron chi connectivity index (χ4n) is 4.08. The number of nitrogens with zero attached hydrogens (tertiary/aromatic N) is 2. The Balaban J connectivity index is 2.26. The summed E-state index contributed by atoms with van der Waals surface area (Å²) in [6.45, 7) is 16.7. The van der Waals surface area contributed by atoms with Crippen LogP contribution in [0.4, 0.5) is 0 Å². The third-order valence-electron chi connectivity index (χ3n) is 4.21. The summed E-state index contributed by atoms with van der Waals surface area (Å²) in [5.74, 6) is -0.299. The quantitative estimate of drug-likeness (QED) is 0.602. The molecule has 1 aromatic carbocycles. The lowest BCUT2D eigenvalue weighted by Crippen LogP contribution is -2.64. The van der Waals surface area contributed by atoms with Gasteiger partial charge in [0.05, 0.1) is 11.1 Å². The standard InChI is InChI=1S/C17H28N2O2Si2/c1-13(19(22(2,3)4)23(5,6)7)12-18-16(20)14-10-8-9-11-15(14)17(18)21/h8-11,13H,12H2,1-7H3. The van der Waals surface area contributed by atoms with Crippen LogP contribution in [-0.4, -0.2) is 50.0 Å². The zero-order valence-electron chi connectivity index (χ0n) is 15.3. The largest absolute Gasteiger partial charge is 0.342 e. The Morgan fingerprint density at radius 1 is 0.913 bits per heavy atom. The molecule has 1 aliphatic rings. The minimum absolute atomic E-state index is 0.149. The van der Waals surface area contributed by atoms with Gasteiger partial charge in [0.25, 0.3) is 11.8 Å². The van der Waals surface area contributed by atoms with Gasteiger partial charge in [0.15, 0.2) is 0 Å². The van der Waals surface area contributed by atoms with E-state index in [1.807, 2.05) is 12.1 Å². The molecule has 1 aromatic rings. The zero-order chi connectivity index (χ0) is 17.6. The molecule has 2 rings (SSSR count). The third-order valence-corrected chi connectivity index (χ3v) is 12.0. The van der Waals surface area contributed by atoms with E-state index in [1.54, 1.807) is 12.1 Å². The van der Waals surface area contributed by atoms with Gasteiger partial charge in [0, 0.05) is 12.6 Å². The van der Waals surface area contributed by atoms with E-state index >= 15 is 0 Å². The van der Waals surface area contributed by atoms with Gasteiger partial charge in [0.2, 0.25) is 0 Å². The van der Waals surface area contributed by atoms with Crippen LogP contribution in [0.1, 0.15) is 27.6 Å². The Bertz CT molecular complexity index is 583. The predicted molar refractivity (Wildman–Crippen MR) is 99.8 cm³/mol. The summed E-state index contributed by atoms with van der Waals surface area (Å²) in [7, 11) is -3.07. The Morgan fingerprint density at radius 3 is 1.65 bits per heavy atom. The molecule has 0 saturated carbocycles. The van der Waals surface area contributed by atoms with Crippen LogP contribution in [-0.2, 0) is 0 Å². The SMILES string of the molecule is CC(CN1C(=O)c2ccccc2C1=O)N([Si](C)(C)C)[Si](C)(C)C. The molecular formula is C17H28N2O2Si2. The van der Waals surface area contributed by atoms with Gasteiger partial charge in [-0.2, -0.15) is 0 Å². The van der Waals surface area contributed by atoms with E-state index < -0.39 is 16.5 Å². The number of imide groups is 1. The molecule has 0 spiro atoms. The van der Waals surface area contributed by atoms with E-state index in [0.29, 0.717) is 17.7 Å². The monoisotopic (exact) mass is 348 g/mol. The average molecular weight is 349 g/mol. The summed E-state index contributed by atoms with van der Waals surface area (Å²) < 4.78 is 2.64. The number of hydrogen-bond acceptors (Lipinski definition) is 3. The smallest absolute Gasteiger partial charge is 0.261 e. The number of fused-ring (bicyclic) bond motifs is 1. The van der Waals surface area contributed by atoms with E-state index in [-0.39, 0.29) is 17.9 Å². The molecule has 1 heterocycles. The molecule has 0 radical (unpaired) electrons. The van der Waals surface area contributed by atoms with Crippen LogP contribution in [0.5, 0.6) is 0 Å². The van der Waals surface area contributed by atoms with Crippen molar-refractivity contribution < 1.29 is 9.59 Å². The lowest BCUT2D eigenvalue weighted by atomic mass is 10.1. The van der Waals surface area contributed by atoms with E-state index in [0.717, 1.165) is 0 Å². The van der Waals surface area contributed by atoms with Crippen molar-refractivity contribution in [1.82, 2.24) is 9.13 Å². The van der Waals surface area contributed by atoms with Gasteiger partial charge >= 0.3 is 0 Å². The van der Waals surface area contributed by atoms with Crippen molar-refractivity contribution in [1.29, 1.82) is 0 Å². The van der Waals surface area contributed by atoms with Gasteiger partial charge < -0.3 is 4.23 Å². The molecular weight excluding hydrogens is 320 g/mol. The highest BCUT2D eigenvalue weighted by atomic mass is 28.4. The summed E-state index contributed by atoms with van der Waals surface area (Å²) in [6.07, 6.45) is 0. The number of benzene rings is 1. The van der Waals surface area contributed by atoms with Crippen LogP contribution in [0.3, 0.4) is 0 Å². The lowest BCUT2D eigenvalue weighted by Gasteiger charge is -2.48. The highest BCUT2D eigenvalue weighted by Crippen LogP contribution is 2.27. The van der Waals surface area contributed by atoms with Crippen molar-refractivity contribution in [3.63, 3.8) is 0 Å². The highest BCUT2D eigenvalue weighted by Gasteiger charge is 2.41. The van der Waals surface area contributed by atoms with E-state index in [1.165, 1.54) is 4.90 Å². The first-order valence-corrected chi connectivity index (χ1v) is 15.1. The van der Waals surface area contributed by atoms with Crippen LogP contribution in [0.2, 0.25) is 39.3 Å². The van der Waals surface area contributed by atoms with Crippen LogP contribution < -0.4 is 0 Å². The summed E-state index contributed by atoms with van der Waals surface area (Å²) in [5, 5.41) is 0. The maximum atomic E-state index is 12.6. The van der Waals surface area contributed by atoms with Crippen LogP contribution in [0, 0.1) is 0 Å². The van der Waals surface area contributed by atoms with Gasteiger partial charge in [-0.15, -0.1) is 0 Å². The molecule has 0 fully saturated rings. The number of carbonyl (C=O) groups is 2. The van der Waals surface area contributed by atoms with Gasteiger partial charge in [-0.3, -0.25) is 14.5 Å². The number of carbonyl (C=O) groups excluding carboxylic acids is 2. The average Bonchev–Trinajstić information content (AvgIpc) is 2.61. The van der Waals surface area contributed by atoms with Crippen molar-refractivity contribution >= 4 is 28.3 Å². The normalized spacial score (nSPS) is 17.0. The molecule has 6 heteroatoms. The molecule has 0 aromatic heterocycles. The summed E-state index contributed by atoms with van der Waals surface area (Å²) in [6, 6.07) is 7.31. The van der Waals surface area contributed by atoms with Crippen LogP contribution >= 0.6 is 0 Å².